The van der Waals surface area contributed by atoms with Gasteiger partial charge in [0.1, 0.15) is 5.75 Å². The second kappa shape index (κ2) is 7.97. The van der Waals surface area contributed by atoms with Crippen LogP contribution < -0.4 is 4.74 Å². The number of hydrogen-bond donors (Lipinski definition) is 1. The second-order valence-electron chi connectivity index (χ2n) is 5.77. The van der Waals surface area contributed by atoms with E-state index < -0.39 is 6.10 Å². The van der Waals surface area contributed by atoms with E-state index in [1.54, 1.807) is 16.9 Å². The van der Waals surface area contributed by atoms with Gasteiger partial charge >= 0.3 is 0 Å². The Morgan fingerprint density at radius 3 is 2.57 bits per heavy atom. The number of β-amino-alcohol motifs (C(OH)–C–C–N with tert-alkyl or cyclic N) is 1. The molecule has 0 spiro atoms. The molecule has 6 nitrogen and oxygen atoms in total. The van der Waals surface area contributed by atoms with Crippen molar-refractivity contribution >= 4 is 11.8 Å². The number of benzene rings is 1. The zero-order valence-electron chi connectivity index (χ0n) is 13.7. The molecule has 6 heteroatoms. The first-order valence-corrected chi connectivity index (χ1v) is 7.84. The summed E-state index contributed by atoms with van der Waals surface area (Å²) in [5.74, 6) is 0.687. The van der Waals surface area contributed by atoms with Crippen LogP contribution in [0.4, 0.5) is 0 Å². The lowest BCUT2D eigenvalue weighted by atomic mass is 10.1. The highest BCUT2D eigenvalue weighted by molar-refractivity contribution is 5.77. The Kier molecular flexibility index (Phi) is 5.98. The summed E-state index contributed by atoms with van der Waals surface area (Å²) < 4.78 is 5.29. The molecule has 1 heterocycles. The molecule has 1 N–H and O–H groups in total. The molecule has 0 unspecified atom stereocenters. The predicted molar refractivity (Wildman–Crippen MR) is 86.2 cm³/mol. The van der Waals surface area contributed by atoms with Crippen molar-refractivity contribution in [1.82, 2.24) is 9.80 Å². The second-order valence-corrected chi connectivity index (χ2v) is 5.77. The van der Waals surface area contributed by atoms with E-state index in [0.717, 1.165) is 11.3 Å². The van der Waals surface area contributed by atoms with Crippen molar-refractivity contribution in [3.05, 3.63) is 29.8 Å². The van der Waals surface area contributed by atoms with Crippen molar-refractivity contribution in [2.24, 2.45) is 0 Å². The third-order valence-corrected chi connectivity index (χ3v) is 4.10. The number of rotatable bonds is 4. The molecule has 2 rings (SSSR count). The number of amides is 2. The van der Waals surface area contributed by atoms with Gasteiger partial charge in [0.15, 0.2) is 0 Å². The Bertz CT molecular complexity index is 561. The van der Waals surface area contributed by atoms with Crippen LogP contribution in [-0.2, 0) is 16.0 Å². The molecule has 0 bridgehead atoms. The minimum atomic E-state index is -0.698. The number of hydrogen-bond acceptors (Lipinski definition) is 4. The standard InChI is InChI=1S/C17H24N2O4/c1-13(20)18-9-10-19(12-15(21)11-18)17(22)8-7-14-5-3-4-6-16(14)23-2/h3-6,15,21H,7-12H2,1-2H3/t15-/m0/s1. The van der Waals surface area contributed by atoms with E-state index in [2.05, 4.69) is 0 Å². The van der Waals surface area contributed by atoms with Crippen LogP contribution in [0.2, 0.25) is 0 Å². The van der Waals surface area contributed by atoms with Crippen LogP contribution in [-0.4, -0.2) is 66.1 Å². The Morgan fingerprint density at radius 1 is 1.22 bits per heavy atom. The normalized spacial score (nSPS) is 18.5. The summed E-state index contributed by atoms with van der Waals surface area (Å²) in [6.07, 6.45) is 0.246. The number of carbonyl (C=O) groups is 2. The average Bonchev–Trinajstić information content (AvgIpc) is 2.74. The van der Waals surface area contributed by atoms with Gasteiger partial charge in [-0.3, -0.25) is 9.59 Å². The summed E-state index contributed by atoms with van der Waals surface area (Å²) in [6, 6.07) is 7.63. The Hall–Kier alpha value is -2.08. The van der Waals surface area contributed by atoms with Crippen molar-refractivity contribution < 1.29 is 19.4 Å². The van der Waals surface area contributed by atoms with E-state index in [0.29, 0.717) is 25.9 Å². The van der Waals surface area contributed by atoms with Gasteiger partial charge in [0, 0.05) is 39.5 Å². The van der Waals surface area contributed by atoms with Crippen LogP contribution in [0.15, 0.2) is 24.3 Å². The summed E-state index contributed by atoms with van der Waals surface area (Å²) in [5.41, 5.74) is 0.990. The molecule has 1 saturated heterocycles. The molecule has 0 aromatic heterocycles. The number of aryl methyl sites for hydroxylation is 1. The van der Waals surface area contributed by atoms with Gasteiger partial charge in [0.25, 0.3) is 0 Å². The Labute approximate surface area is 136 Å². The topological polar surface area (TPSA) is 70.1 Å². The minimum absolute atomic E-state index is 0.0136. The zero-order valence-corrected chi connectivity index (χ0v) is 13.7. The number of aliphatic hydroxyl groups excluding tert-OH is 1. The number of carbonyl (C=O) groups excluding carboxylic acids is 2. The predicted octanol–water partition coefficient (Wildman–Crippen LogP) is 0.679. The van der Waals surface area contributed by atoms with Crippen LogP contribution >= 0.6 is 0 Å². The number of nitrogens with zero attached hydrogens (tertiary/aromatic N) is 2. The van der Waals surface area contributed by atoms with Gasteiger partial charge in [0.2, 0.25) is 11.8 Å². The smallest absolute Gasteiger partial charge is 0.223 e. The van der Waals surface area contributed by atoms with E-state index in [-0.39, 0.29) is 24.9 Å². The molecule has 126 valence electrons. The monoisotopic (exact) mass is 320 g/mol. The summed E-state index contributed by atoms with van der Waals surface area (Å²) in [5, 5.41) is 9.99. The lowest BCUT2D eigenvalue weighted by molar-refractivity contribution is -0.132. The first-order valence-electron chi connectivity index (χ1n) is 7.84. The molecule has 1 aliphatic heterocycles. The van der Waals surface area contributed by atoms with Gasteiger partial charge in [-0.05, 0) is 18.1 Å². The van der Waals surface area contributed by atoms with Crippen LogP contribution in [0.3, 0.4) is 0 Å². The van der Waals surface area contributed by atoms with E-state index in [1.165, 1.54) is 6.92 Å². The molecule has 23 heavy (non-hydrogen) atoms. The number of ether oxygens (including phenoxy) is 1. The Balaban J connectivity index is 1.93. The first kappa shape index (κ1) is 17.3. The van der Waals surface area contributed by atoms with Crippen molar-refractivity contribution in [3.63, 3.8) is 0 Å². The zero-order chi connectivity index (χ0) is 16.8. The quantitative estimate of drug-likeness (QED) is 0.886. The fourth-order valence-corrected chi connectivity index (χ4v) is 2.81. The van der Waals surface area contributed by atoms with Gasteiger partial charge in [-0.25, -0.2) is 0 Å². The minimum Gasteiger partial charge on any atom is -0.496 e. The largest absolute Gasteiger partial charge is 0.496 e. The van der Waals surface area contributed by atoms with Crippen LogP contribution in [0, 0.1) is 0 Å². The maximum Gasteiger partial charge on any atom is 0.223 e. The van der Waals surface area contributed by atoms with Crippen molar-refractivity contribution in [2.75, 3.05) is 33.3 Å². The molecule has 1 aromatic rings. The molecule has 1 fully saturated rings. The lowest BCUT2D eigenvalue weighted by Gasteiger charge is -2.21. The molecular formula is C17H24N2O4. The maximum atomic E-state index is 12.4. The molecule has 1 aromatic carbocycles. The first-order chi connectivity index (χ1) is 11.0. The molecule has 2 amide bonds. The molecule has 1 atom stereocenters. The lowest BCUT2D eigenvalue weighted by Crippen LogP contribution is -2.37. The number of para-hydroxylation sites is 1. The van der Waals surface area contributed by atoms with Crippen LogP contribution in [0.5, 0.6) is 5.75 Å². The summed E-state index contributed by atoms with van der Waals surface area (Å²) in [4.78, 5) is 27.1. The number of methoxy groups -OCH3 is 1. The fourth-order valence-electron chi connectivity index (χ4n) is 2.81. The highest BCUT2D eigenvalue weighted by Gasteiger charge is 2.25. The molecule has 1 aliphatic rings. The third-order valence-electron chi connectivity index (χ3n) is 4.10. The van der Waals surface area contributed by atoms with Gasteiger partial charge < -0.3 is 19.6 Å². The maximum absolute atomic E-state index is 12.4. The van der Waals surface area contributed by atoms with Gasteiger partial charge in [-0.2, -0.15) is 0 Å². The summed E-state index contributed by atoms with van der Waals surface area (Å²) in [7, 11) is 1.61. The van der Waals surface area contributed by atoms with Gasteiger partial charge in [-0.15, -0.1) is 0 Å². The molecule has 0 aliphatic carbocycles. The van der Waals surface area contributed by atoms with E-state index >= 15 is 0 Å². The fraction of sp³-hybridized carbons (Fsp3) is 0.529. The molecule has 0 radical (unpaired) electrons. The summed E-state index contributed by atoms with van der Waals surface area (Å²) >= 11 is 0. The highest BCUT2D eigenvalue weighted by atomic mass is 16.5. The van der Waals surface area contributed by atoms with Crippen LogP contribution in [0.1, 0.15) is 18.9 Å². The van der Waals surface area contributed by atoms with E-state index in [9.17, 15) is 14.7 Å². The summed E-state index contributed by atoms with van der Waals surface area (Å²) in [6.45, 7) is 2.96. The van der Waals surface area contributed by atoms with Gasteiger partial charge in [-0.1, -0.05) is 18.2 Å². The highest BCUT2D eigenvalue weighted by Crippen LogP contribution is 2.19. The number of aliphatic hydroxyl groups is 1. The van der Waals surface area contributed by atoms with Crippen molar-refractivity contribution in [2.45, 2.75) is 25.9 Å². The van der Waals surface area contributed by atoms with E-state index in [1.807, 2.05) is 24.3 Å². The molecule has 0 saturated carbocycles. The Morgan fingerprint density at radius 2 is 1.87 bits per heavy atom. The SMILES string of the molecule is COc1ccccc1CCC(=O)N1CCN(C(C)=O)C[C@H](O)C1. The molecular weight excluding hydrogens is 296 g/mol. The van der Waals surface area contributed by atoms with Crippen LogP contribution in [0.25, 0.3) is 0 Å². The van der Waals surface area contributed by atoms with Crippen molar-refractivity contribution in [3.8, 4) is 5.75 Å². The van der Waals surface area contributed by atoms with Crippen molar-refractivity contribution in [1.29, 1.82) is 0 Å². The van der Waals surface area contributed by atoms with Gasteiger partial charge in [0.05, 0.1) is 13.2 Å². The average molecular weight is 320 g/mol. The third kappa shape index (κ3) is 4.69. The van der Waals surface area contributed by atoms with E-state index in [4.69, 9.17) is 4.74 Å².